The Morgan fingerprint density at radius 2 is 2.20 bits per heavy atom. The standard InChI is InChI=1S/C8H15O2/c1-3-5-6-7-8(9)10-4-2/h6H,3-5,7H2,1-2H3. The molecule has 0 amide bonds. The van der Waals surface area contributed by atoms with Crippen molar-refractivity contribution in [2.24, 2.45) is 0 Å². The second-order valence-corrected chi connectivity index (χ2v) is 2.09. The van der Waals surface area contributed by atoms with Crippen LogP contribution in [-0.4, -0.2) is 12.6 Å². The van der Waals surface area contributed by atoms with E-state index in [1.54, 1.807) is 0 Å². The van der Waals surface area contributed by atoms with Crippen LogP contribution in [0.2, 0.25) is 0 Å². The lowest BCUT2D eigenvalue weighted by Crippen LogP contribution is -2.03. The van der Waals surface area contributed by atoms with Gasteiger partial charge in [0.25, 0.3) is 0 Å². The summed E-state index contributed by atoms with van der Waals surface area (Å²) in [5, 5.41) is 0. The first kappa shape index (κ1) is 9.47. The highest BCUT2D eigenvalue weighted by atomic mass is 16.5. The maximum atomic E-state index is 10.7. The number of ether oxygens (including phenoxy) is 1. The Hall–Kier alpha value is -0.530. The Bertz CT molecular complexity index is 89.3. The van der Waals surface area contributed by atoms with Crippen molar-refractivity contribution in [3.63, 3.8) is 0 Å². The minimum Gasteiger partial charge on any atom is -0.466 e. The van der Waals surface area contributed by atoms with E-state index in [1.165, 1.54) is 0 Å². The van der Waals surface area contributed by atoms with Gasteiger partial charge in [0.05, 0.1) is 6.61 Å². The molecule has 0 bridgehead atoms. The van der Waals surface area contributed by atoms with Crippen LogP contribution in [0.3, 0.4) is 0 Å². The molecule has 0 fully saturated rings. The summed E-state index contributed by atoms with van der Waals surface area (Å²) in [5.41, 5.74) is 0. The van der Waals surface area contributed by atoms with Gasteiger partial charge in [-0.1, -0.05) is 13.3 Å². The summed E-state index contributed by atoms with van der Waals surface area (Å²) >= 11 is 0. The molecule has 0 aromatic heterocycles. The molecular weight excluding hydrogens is 128 g/mol. The van der Waals surface area contributed by atoms with Gasteiger partial charge in [-0.25, -0.2) is 0 Å². The Morgan fingerprint density at radius 3 is 2.70 bits per heavy atom. The van der Waals surface area contributed by atoms with Crippen LogP contribution in [0.4, 0.5) is 0 Å². The van der Waals surface area contributed by atoms with E-state index in [2.05, 4.69) is 6.92 Å². The highest BCUT2D eigenvalue weighted by Crippen LogP contribution is 1.98. The highest BCUT2D eigenvalue weighted by molar-refractivity contribution is 5.70. The smallest absolute Gasteiger partial charge is 0.306 e. The van der Waals surface area contributed by atoms with Crippen molar-refractivity contribution in [2.45, 2.75) is 33.1 Å². The fourth-order valence-electron chi connectivity index (χ4n) is 0.644. The van der Waals surface area contributed by atoms with Crippen molar-refractivity contribution in [3.8, 4) is 0 Å². The van der Waals surface area contributed by atoms with Gasteiger partial charge in [-0.2, -0.15) is 0 Å². The Kier molecular flexibility index (Phi) is 6.24. The molecule has 0 aromatic rings. The van der Waals surface area contributed by atoms with E-state index in [-0.39, 0.29) is 5.97 Å². The van der Waals surface area contributed by atoms with Crippen molar-refractivity contribution in [2.75, 3.05) is 6.61 Å². The number of carbonyl (C=O) groups is 1. The molecule has 0 rings (SSSR count). The second-order valence-electron chi connectivity index (χ2n) is 2.09. The lowest BCUT2D eigenvalue weighted by molar-refractivity contribution is -0.142. The molecular formula is C8H15O2. The third-order valence-corrected chi connectivity index (χ3v) is 1.11. The van der Waals surface area contributed by atoms with Crippen LogP contribution in [0.1, 0.15) is 33.1 Å². The van der Waals surface area contributed by atoms with Crippen LogP contribution in [0.5, 0.6) is 0 Å². The first-order valence-corrected chi connectivity index (χ1v) is 3.78. The number of rotatable bonds is 5. The van der Waals surface area contributed by atoms with Crippen molar-refractivity contribution in [1.29, 1.82) is 0 Å². The lowest BCUT2D eigenvalue weighted by atomic mass is 10.2. The molecule has 59 valence electrons. The number of carbonyl (C=O) groups excluding carboxylic acids is 1. The molecule has 0 aliphatic heterocycles. The molecule has 0 saturated heterocycles. The van der Waals surface area contributed by atoms with Gasteiger partial charge in [0.15, 0.2) is 0 Å². The van der Waals surface area contributed by atoms with Crippen LogP contribution in [0, 0.1) is 6.42 Å². The highest BCUT2D eigenvalue weighted by Gasteiger charge is 1.98. The molecule has 0 aliphatic rings. The summed E-state index contributed by atoms with van der Waals surface area (Å²) in [6.07, 6.45) is 4.51. The summed E-state index contributed by atoms with van der Waals surface area (Å²) in [5.74, 6) is -0.115. The predicted molar refractivity (Wildman–Crippen MR) is 40.5 cm³/mol. The fourth-order valence-corrected chi connectivity index (χ4v) is 0.644. The van der Waals surface area contributed by atoms with Crippen LogP contribution >= 0.6 is 0 Å². The van der Waals surface area contributed by atoms with Gasteiger partial charge in [-0.15, -0.1) is 0 Å². The van der Waals surface area contributed by atoms with Crippen molar-refractivity contribution < 1.29 is 9.53 Å². The zero-order valence-electron chi connectivity index (χ0n) is 6.72. The van der Waals surface area contributed by atoms with Gasteiger partial charge in [-0.05, 0) is 19.8 Å². The van der Waals surface area contributed by atoms with Gasteiger partial charge in [-0.3, -0.25) is 4.79 Å². The molecule has 0 N–H and O–H groups in total. The van der Waals surface area contributed by atoms with E-state index < -0.39 is 0 Å². The largest absolute Gasteiger partial charge is 0.466 e. The van der Waals surface area contributed by atoms with E-state index in [1.807, 2.05) is 13.3 Å². The fraction of sp³-hybridized carbons (Fsp3) is 0.750. The van der Waals surface area contributed by atoms with Gasteiger partial charge >= 0.3 is 5.97 Å². The van der Waals surface area contributed by atoms with Crippen molar-refractivity contribution in [1.82, 2.24) is 0 Å². The van der Waals surface area contributed by atoms with E-state index >= 15 is 0 Å². The molecule has 0 aliphatic carbocycles. The molecule has 2 heteroatoms. The van der Waals surface area contributed by atoms with E-state index in [0.29, 0.717) is 13.0 Å². The Morgan fingerprint density at radius 1 is 1.50 bits per heavy atom. The van der Waals surface area contributed by atoms with Crippen LogP contribution in [-0.2, 0) is 9.53 Å². The second kappa shape index (κ2) is 6.59. The zero-order chi connectivity index (χ0) is 7.82. The molecule has 0 spiro atoms. The first-order chi connectivity index (χ1) is 4.81. The van der Waals surface area contributed by atoms with Crippen molar-refractivity contribution >= 4 is 5.97 Å². The van der Waals surface area contributed by atoms with E-state index in [0.717, 1.165) is 12.8 Å². The number of unbranched alkanes of at least 4 members (excludes halogenated alkanes) is 2. The summed E-state index contributed by atoms with van der Waals surface area (Å²) in [4.78, 5) is 10.7. The maximum absolute atomic E-state index is 10.7. The summed E-state index contributed by atoms with van der Waals surface area (Å²) in [7, 11) is 0. The van der Waals surface area contributed by atoms with E-state index in [9.17, 15) is 4.79 Å². The molecule has 0 heterocycles. The average Bonchev–Trinajstić information content (AvgIpc) is 1.89. The first-order valence-electron chi connectivity index (χ1n) is 3.78. The van der Waals surface area contributed by atoms with Crippen LogP contribution in [0.15, 0.2) is 0 Å². The lowest BCUT2D eigenvalue weighted by Gasteiger charge is -1.98. The summed E-state index contributed by atoms with van der Waals surface area (Å²) in [6, 6.07) is 0. The quantitative estimate of drug-likeness (QED) is 0.434. The normalized spacial score (nSPS) is 9.40. The van der Waals surface area contributed by atoms with Gasteiger partial charge in [0.1, 0.15) is 0 Å². The molecule has 0 unspecified atom stereocenters. The minimum atomic E-state index is -0.115. The molecule has 0 aromatic carbocycles. The van der Waals surface area contributed by atoms with Gasteiger partial charge in [0.2, 0.25) is 0 Å². The number of hydrogen-bond donors (Lipinski definition) is 0. The molecule has 0 saturated carbocycles. The molecule has 1 radical (unpaired) electrons. The van der Waals surface area contributed by atoms with Crippen molar-refractivity contribution in [3.05, 3.63) is 6.42 Å². The minimum absolute atomic E-state index is 0.115. The van der Waals surface area contributed by atoms with Gasteiger partial charge in [0, 0.05) is 6.42 Å². The molecule has 2 nitrogen and oxygen atoms in total. The zero-order valence-corrected chi connectivity index (χ0v) is 6.72. The van der Waals surface area contributed by atoms with E-state index in [4.69, 9.17) is 4.74 Å². The third kappa shape index (κ3) is 5.60. The predicted octanol–water partition coefficient (Wildman–Crippen LogP) is 1.94. The Labute approximate surface area is 62.6 Å². The maximum Gasteiger partial charge on any atom is 0.306 e. The SMILES string of the molecule is CCC[CH]CC(=O)OCC. The summed E-state index contributed by atoms with van der Waals surface area (Å²) in [6.45, 7) is 4.39. The average molecular weight is 143 g/mol. The number of hydrogen-bond acceptors (Lipinski definition) is 2. The molecule has 10 heavy (non-hydrogen) atoms. The van der Waals surface area contributed by atoms with Gasteiger partial charge < -0.3 is 4.74 Å². The van der Waals surface area contributed by atoms with Crippen LogP contribution in [0.25, 0.3) is 0 Å². The number of esters is 1. The monoisotopic (exact) mass is 143 g/mol. The third-order valence-electron chi connectivity index (χ3n) is 1.11. The van der Waals surface area contributed by atoms with Crippen LogP contribution < -0.4 is 0 Å². The Balaban J connectivity index is 3.05. The topological polar surface area (TPSA) is 26.3 Å². The summed E-state index contributed by atoms with van der Waals surface area (Å²) < 4.78 is 4.72. The molecule has 0 atom stereocenters.